The zero-order valence-electron chi connectivity index (χ0n) is 19.2. The van der Waals surface area contributed by atoms with Crippen molar-refractivity contribution < 1.29 is 23.8 Å². The van der Waals surface area contributed by atoms with Crippen LogP contribution in [-0.2, 0) is 4.74 Å². The highest BCUT2D eigenvalue weighted by atomic mass is 16.6. The Balaban J connectivity index is 1.59. The Morgan fingerprint density at radius 1 is 1.12 bits per heavy atom. The molecule has 0 unspecified atom stereocenters. The highest BCUT2D eigenvalue weighted by Gasteiger charge is 2.26. The summed E-state index contributed by atoms with van der Waals surface area (Å²) in [6.07, 6.45) is 2.32. The molecule has 0 N–H and O–H groups in total. The molecule has 0 atom stereocenters. The minimum atomic E-state index is -0.280. The SMILES string of the molecule is COc1ccc(/C(C)=N\Oc2ncnc(OC3CCN(C(=O)OC(C)C)CC3)c2C)cc1. The minimum absolute atomic E-state index is 0.0518. The van der Waals surface area contributed by atoms with Crippen LogP contribution in [0.25, 0.3) is 0 Å². The Kier molecular flexibility index (Phi) is 7.86. The van der Waals surface area contributed by atoms with E-state index in [1.165, 1.54) is 6.33 Å². The van der Waals surface area contributed by atoms with E-state index < -0.39 is 0 Å². The summed E-state index contributed by atoms with van der Waals surface area (Å²) in [6.45, 7) is 8.53. The molecule has 1 fully saturated rings. The largest absolute Gasteiger partial charge is 0.497 e. The Hall–Kier alpha value is -3.36. The van der Waals surface area contributed by atoms with Gasteiger partial charge in [-0.1, -0.05) is 5.16 Å². The summed E-state index contributed by atoms with van der Waals surface area (Å²) in [5.74, 6) is 1.56. The molecule has 0 spiro atoms. The number of amides is 1. The highest BCUT2D eigenvalue weighted by Crippen LogP contribution is 2.26. The van der Waals surface area contributed by atoms with Gasteiger partial charge in [-0.2, -0.15) is 4.98 Å². The number of carbonyl (C=O) groups excluding carboxylic acids is 1. The summed E-state index contributed by atoms with van der Waals surface area (Å²) in [7, 11) is 1.63. The lowest BCUT2D eigenvalue weighted by molar-refractivity contribution is 0.0504. The fourth-order valence-corrected chi connectivity index (χ4v) is 3.22. The average Bonchev–Trinajstić information content (AvgIpc) is 2.79. The molecule has 1 aliphatic heterocycles. The van der Waals surface area contributed by atoms with Gasteiger partial charge >= 0.3 is 6.09 Å². The van der Waals surface area contributed by atoms with Crippen molar-refractivity contribution in [2.75, 3.05) is 20.2 Å². The Bertz CT molecular complexity index is 938. The Morgan fingerprint density at radius 2 is 1.78 bits per heavy atom. The summed E-state index contributed by atoms with van der Waals surface area (Å²) in [4.78, 5) is 27.8. The van der Waals surface area contributed by atoms with Crippen LogP contribution in [0.4, 0.5) is 4.79 Å². The molecule has 1 saturated heterocycles. The molecule has 32 heavy (non-hydrogen) atoms. The van der Waals surface area contributed by atoms with Crippen LogP contribution in [0.15, 0.2) is 35.7 Å². The first-order valence-corrected chi connectivity index (χ1v) is 10.7. The quantitative estimate of drug-likeness (QED) is 0.473. The molecule has 9 nitrogen and oxygen atoms in total. The van der Waals surface area contributed by atoms with Gasteiger partial charge in [0, 0.05) is 25.9 Å². The molecule has 3 rings (SSSR count). The number of nitrogens with zero attached hydrogens (tertiary/aromatic N) is 4. The van der Waals surface area contributed by atoms with Crippen LogP contribution in [0.2, 0.25) is 0 Å². The fraction of sp³-hybridized carbons (Fsp3) is 0.478. The molecule has 172 valence electrons. The van der Waals surface area contributed by atoms with Crippen LogP contribution in [0.1, 0.15) is 44.7 Å². The molecular weight excluding hydrogens is 412 g/mol. The fourth-order valence-electron chi connectivity index (χ4n) is 3.22. The van der Waals surface area contributed by atoms with Gasteiger partial charge in [0.2, 0.25) is 5.88 Å². The molecule has 1 aliphatic rings. The summed E-state index contributed by atoms with van der Waals surface area (Å²) < 4.78 is 16.5. The smallest absolute Gasteiger partial charge is 0.410 e. The van der Waals surface area contributed by atoms with E-state index in [-0.39, 0.29) is 18.3 Å². The summed E-state index contributed by atoms with van der Waals surface area (Å²) >= 11 is 0. The zero-order chi connectivity index (χ0) is 23.1. The van der Waals surface area contributed by atoms with Crippen molar-refractivity contribution >= 4 is 11.8 Å². The number of aromatic nitrogens is 2. The van der Waals surface area contributed by atoms with Crippen LogP contribution in [0, 0.1) is 6.92 Å². The molecule has 0 aliphatic carbocycles. The van der Waals surface area contributed by atoms with E-state index in [9.17, 15) is 4.79 Å². The molecule has 0 radical (unpaired) electrons. The van der Waals surface area contributed by atoms with Gasteiger partial charge < -0.3 is 23.9 Å². The van der Waals surface area contributed by atoms with Gasteiger partial charge in [0.15, 0.2) is 0 Å². The van der Waals surface area contributed by atoms with E-state index >= 15 is 0 Å². The van der Waals surface area contributed by atoms with Crippen LogP contribution in [0.3, 0.4) is 0 Å². The molecule has 1 aromatic carbocycles. The lowest BCUT2D eigenvalue weighted by Crippen LogP contribution is -2.42. The molecule has 2 heterocycles. The second kappa shape index (κ2) is 10.8. The van der Waals surface area contributed by atoms with Crippen LogP contribution in [0.5, 0.6) is 17.5 Å². The first-order valence-electron chi connectivity index (χ1n) is 10.7. The van der Waals surface area contributed by atoms with E-state index in [4.69, 9.17) is 19.0 Å². The number of oxime groups is 1. The normalized spacial score (nSPS) is 14.9. The molecule has 1 amide bonds. The number of ether oxygens (including phenoxy) is 3. The second-order valence-corrected chi connectivity index (χ2v) is 7.84. The first kappa shape index (κ1) is 23.3. The summed E-state index contributed by atoms with van der Waals surface area (Å²) in [5.41, 5.74) is 2.28. The van der Waals surface area contributed by atoms with Gasteiger partial charge in [-0.05, 0) is 57.5 Å². The van der Waals surface area contributed by atoms with Gasteiger partial charge in [0.1, 0.15) is 18.2 Å². The third-order valence-corrected chi connectivity index (χ3v) is 5.08. The number of methoxy groups -OCH3 is 1. The van der Waals surface area contributed by atoms with Crippen molar-refractivity contribution in [2.45, 2.75) is 52.7 Å². The standard InChI is InChI=1S/C23H30N4O5/c1-15(2)30-23(28)27-12-10-20(11-13-27)31-21-16(3)22(25-14-24-21)32-26-17(4)18-6-8-19(29-5)9-7-18/h6-9,14-15,20H,10-13H2,1-5H3/b26-17-. The maximum Gasteiger partial charge on any atom is 0.410 e. The summed E-state index contributed by atoms with van der Waals surface area (Å²) in [6, 6.07) is 7.55. The molecule has 1 aromatic heterocycles. The van der Waals surface area contributed by atoms with Crippen LogP contribution in [-0.4, -0.2) is 59.1 Å². The Morgan fingerprint density at radius 3 is 2.41 bits per heavy atom. The Labute approximate surface area is 188 Å². The average molecular weight is 443 g/mol. The topological polar surface area (TPSA) is 95.4 Å². The van der Waals surface area contributed by atoms with Crippen molar-refractivity contribution in [3.8, 4) is 17.5 Å². The number of likely N-dealkylation sites (tertiary alicyclic amines) is 1. The molecular formula is C23H30N4O5. The van der Waals surface area contributed by atoms with Crippen molar-refractivity contribution in [3.05, 3.63) is 41.7 Å². The van der Waals surface area contributed by atoms with Gasteiger partial charge in [0.05, 0.1) is 24.5 Å². The maximum absolute atomic E-state index is 12.0. The molecule has 2 aromatic rings. The van der Waals surface area contributed by atoms with E-state index in [1.807, 2.05) is 52.0 Å². The first-order chi connectivity index (χ1) is 15.4. The zero-order valence-corrected chi connectivity index (χ0v) is 19.2. The lowest BCUT2D eigenvalue weighted by atomic mass is 10.1. The van der Waals surface area contributed by atoms with Gasteiger partial charge in [-0.15, -0.1) is 0 Å². The molecule has 0 saturated carbocycles. The van der Waals surface area contributed by atoms with E-state index in [0.717, 1.165) is 11.3 Å². The maximum atomic E-state index is 12.0. The minimum Gasteiger partial charge on any atom is -0.497 e. The van der Waals surface area contributed by atoms with E-state index in [0.29, 0.717) is 49.0 Å². The van der Waals surface area contributed by atoms with Crippen LogP contribution < -0.4 is 14.3 Å². The summed E-state index contributed by atoms with van der Waals surface area (Å²) in [5, 5.41) is 4.19. The van der Waals surface area contributed by atoms with E-state index in [2.05, 4.69) is 15.1 Å². The number of hydrogen-bond donors (Lipinski definition) is 0. The van der Waals surface area contributed by atoms with Crippen molar-refractivity contribution in [1.82, 2.24) is 14.9 Å². The predicted octanol–water partition coefficient (Wildman–Crippen LogP) is 3.98. The number of carbonyl (C=O) groups is 1. The molecule has 9 heteroatoms. The van der Waals surface area contributed by atoms with Gasteiger partial charge in [-0.3, -0.25) is 0 Å². The van der Waals surface area contributed by atoms with Gasteiger partial charge in [-0.25, -0.2) is 9.78 Å². The van der Waals surface area contributed by atoms with Crippen molar-refractivity contribution in [1.29, 1.82) is 0 Å². The number of rotatable bonds is 7. The third kappa shape index (κ3) is 6.09. The van der Waals surface area contributed by atoms with Crippen molar-refractivity contribution in [3.63, 3.8) is 0 Å². The van der Waals surface area contributed by atoms with E-state index in [1.54, 1.807) is 12.0 Å². The van der Waals surface area contributed by atoms with Crippen LogP contribution >= 0.6 is 0 Å². The lowest BCUT2D eigenvalue weighted by Gasteiger charge is -2.31. The predicted molar refractivity (Wildman–Crippen MR) is 119 cm³/mol. The molecule has 0 bridgehead atoms. The second-order valence-electron chi connectivity index (χ2n) is 7.84. The number of benzene rings is 1. The highest BCUT2D eigenvalue weighted by molar-refractivity contribution is 5.98. The van der Waals surface area contributed by atoms with Gasteiger partial charge in [0.25, 0.3) is 5.88 Å². The number of piperidine rings is 1. The monoisotopic (exact) mass is 442 g/mol. The van der Waals surface area contributed by atoms with Crippen molar-refractivity contribution in [2.24, 2.45) is 5.16 Å². The third-order valence-electron chi connectivity index (χ3n) is 5.08. The number of hydrogen-bond acceptors (Lipinski definition) is 8.